The third-order valence-electron chi connectivity index (χ3n) is 3.14. The number of aliphatic hydroxyl groups excluding tert-OH is 1. The lowest BCUT2D eigenvalue weighted by Gasteiger charge is -2.16. The van der Waals surface area contributed by atoms with Gasteiger partial charge in [-0.15, -0.1) is 0 Å². The molecule has 114 valence electrons. The molecule has 0 bridgehead atoms. The summed E-state index contributed by atoms with van der Waals surface area (Å²) in [6.45, 7) is 4.09. The molecule has 0 aliphatic heterocycles. The van der Waals surface area contributed by atoms with Crippen LogP contribution in [0.3, 0.4) is 0 Å². The Hall–Kier alpha value is -1.44. The van der Waals surface area contributed by atoms with E-state index in [-0.39, 0.29) is 18.6 Å². The molecule has 1 amide bonds. The van der Waals surface area contributed by atoms with Crippen LogP contribution in [0.5, 0.6) is 0 Å². The minimum Gasteiger partial charge on any atom is -0.395 e. The second kappa shape index (κ2) is 9.49. The fraction of sp³-hybridized carbons (Fsp3) is 0.471. The summed E-state index contributed by atoms with van der Waals surface area (Å²) in [6.07, 6.45) is 3.43. The van der Waals surface area contributed by atoms with Gasteiger partial charge in [0.25, 0.3) is 5.91 Å². The second-order valence-corrected chi connectivity index (χ2v) is 5.75. The zero-order chi connectivity index (χ0) is 15.7. The molecule has 0 saturated carbocycles. The van der Waals surface area contributed by atoms with Crippen molar-refractivity contribution >= 4 is 17.7 Å². The van der Waals surface area contributed by atoms with Crippen molar-refractivity contribution in [2.24, 2.45) is 0 Å². The molecule has 0 spiro atoms. The van der Waals surface area contributed by atoms with Crippen LogP contribution in [0.25, 0.3) is 0 Å². The van der Waals surface area contributed by atoms with E-state index >= 15 is 0 Å². The number of amides is 1. The lowest BCUT2D eigenvalue weighted by molar-refractivity contribution is 0.0940. The number of carbonyl (C=O) groups excluding carboxylic acids is 1. The van der Waals surface area contributed by atoms with Gasteiger partial charge in [0.1, 0.15) is 0 Å². The number of hydrogen-bond acceptors (Lipinski definition) is 3. The number of nitrogens with one attached hydrogen (secondary N) is 1. The SMILES string of the molecule is CCC(CSC)NC(=O)c1ccc(C#CCCO)c(C)c1. The van der Waals surface area contributed by atoms with Crippen molar-refractivity contribution in [3.05, 3.63) is 34.9 Å². The van der Waals surface area contributed by atoms with Gasteiger partial charge in [-0.05, 0) is 43.4 Å². The van der Waals surface area contributed by atoms with E-state index in [9.17, 15) is 4.79 Å². The molecule has 4 heteroatoms. The van der Waals surface area contributed by atoms with Gasteiger partial charge in [-0.25, -0.2) is 0 Å². The minimum atomic E-state index is -0.0335. The minimum absolute atomic E-state index is 0.0335. The average molecular weight is 305 g/mol. The number of hydrogen-bond donors (Lipinski definition) is 2. The highest BCUT2D eigenvalue weighted by Gasteiger charge is 2.12. The topological polar surface area (TPSA) is 49.3 Å². The molecule has 1 rings (SSSR count). The molecule has 0 aliphatic carbocycles. The molecule has 1 aromatic rings. The Morgan fingerprint density at radius 3 is 2.81 bits per heavy atom. The lowest BCUT2D eigenvalue weighted by atomic mass is 10.0. The van der Waals surface area contributed by atoms with Crippen LogP contribution in [0.1, 0.15) is 41.3 Å². The van der Waals surface area contributed by atoms with Gasteiger partial charge in [0, 0.05) is 29.3 Å². The fourth-order valence-corrected chi connectivity index (χ4v) is 2.61. The molecule has 2 N–H and O–H groups in total. The zero-order valence-corrected chi connectivity index (χ0v) is 13.7. The van der Waals surface area contributed by atoms with Crippen molar-refractivity contribution in [1.82, 2.24) is 5.32 Å². The van der Waals surface area contributed by atoms with Crippen LogP contribution < -0.4 is 5.32 Å². The molecule has 0 fully saturated rings. The van der Waals surface area contributed by atoms with Crippen molar-refractivity contribution in [3.8, 4) is 11.8 Å². The van der Waals surface area contributed by atoms with Gasteiger partial charge >= 0.3 is 0 Å². The first kappa shape index (κ1) is 17.6. The Balaban J connectivity index is 2.79. The number of aliphatic hydroxyl groups is 1. The van der Waals surface area contributed by atoms with Crippen molar-refractivity contribution in [2.75, 3.05) is 18.6 Å². The number of rotatable bonds is 6. The van der Waals surface area contributed by atoms with Gasteiger partial charge in [-0.3, -0.25) is 4.79 Å². The van der Waals surface area contributed by atoms with E-state index in [1.807, 2.05) is 25.3 Å². The molecule has 0 aromatic heterocycles. The van der Waals surface area contributed by atoms with Crippen LogP contribution in [0.4, 0.5) is 0 Å². The van der Waals surface area contributed by atoms with Crippen LogP contribution >= 0.6 is 11.8 Å². The average Bonchev–Trinajstić information content (AvgIpc) is 2.48. The van der Waals surface area contributed by atoms with Gasteiger partial charge < -0.3 is 10.4 Å². The van der Waals surface area contributed by atoms with Crippen molar-refractivity contribution < 1.29 is 9.90 Å². The van der Waals surface area contributed by atoms with Crippen LogP contribution in [0, 0.1) is 18.8 Å². The number of thioether (sulfide) groups is 1. The molecule has 0 radical (unpaired) electrons. The van der Waals surface area contributed by atoms with E-state index in [1.165, 1.54) is 0 Å². The van der Waals surface area contributed by atoms with Gasteiger partial charge in [-0.2, -0.15) is 11.8 Å². The second-order valence-electron chi connectivity index (χ2n) is 4.84. The molecule has 1 unspecified atom stereocenters. The first-order valence-corrected chi connectivity index (χ1v) is 8.51. The van der Waals surface area contributed by atoms with Gasteiger partial charge in [-0.1, -0.05) is 18.8 Å². The summed E-state index contributed by atoms with van der Waals surface area (Å²) in [7, 11) is 0. The quantitative estimate of drug-likeness (QED) is 0.794. The Morgan fingerprint density at radius 2 is 2.24 bits per heavy atom. The maximum Gasteiger partial charge on any atom is 0.251 e. The van der Waals surface area contributed by atoms with Crippen molar-refractivity contribution in [3.63, 3.8) is 0 Å². The van der Waals surface area contributed by atoms with E-state index in [1.54, 1.807) is 17.8 Å². The molecular formula is C17H23NO2S. The molecule has 1 aromatic carbocycles. The molecule has 0 aliphatic rings. The standard InChI is InChI=1S/C17H23NO2S/c1-4-16(12-21-3)18-17(20)15-9-8-14(13(2)11-15)7-5-6-10-19/h8-9,11,16,19H,4,6,10,12H2,1-3H3,(H,18,20). The summed E-state index contributed by atoms with van der Waals surface area (Å²) in [5.74, 6) is 6.79. The number of aryl methyl sites for hydroxylation is 1. The van der Waals surface area contributed by atoms with Gasteiger partial charge in [0.15, 0.2) is 0 Å². The first-order chi connectivity index (χ1) is 10.1. The monoisotopic (exact) mass is 305 g/mol. The van der Waals surface area contributed by atoms with Crippen LogP contribution in [0.2, 0.25) is 0 Å². The third kappa shape index (κ3) is 5.82. The highest BCUT2D eigenvalue weighted by Crippen LogP contribution is 2.11. The molecular weight excluding hydrogens is 282 g/mol. The Kier molecular flexibility index (Phi) is 7.96. The summed E-state index contributed by atoms with van der Waals surface area (Å²) in [4.78, 5) is 12.2. The van der Waals surface area contributed by atoms with E-state index in [0.717, 1.165) is 23.3 Å². The summed E-state index contributed by atoms with van der Waals surface area (Å²) < 4.78 is 0. The molecule has 3 nitrogen and oxygen atoms in total. The smallest absolute Gasteiger partial charge is 0.251 e. The number of carbonyl (C=O) groups is 1. The summed E-state index contributed by atoms with van der Waals surface area (Å²) in [5, 5.41) is 11.8. The lowest BCUT2D eigenvalue weighted by Crippen LogP contribution is -2.36. The van der Waals surface area contributed by atoms with Crippen molar-refractivity contribution in [2.45, 2.75) is 32.7 Å². The predicted octanol–water partition coefficient (Wildman–Crippen LogP) is 2.60. The van der Waals surface area contributed by atoms with E-state index in [0.29, 0.717) is 12.0 Å². The summed E-state index contributed by atoms with van der Waals surface area (Å²) in [6, 6.07) is 5.74. The highest BCUT2D eigenvalue weighted by molar-refractivity contribution is 7.98. The van der Waals surface area contributed by atoms with E-state index in [2.05, 4.69) is 24.1 Å². The molecule has 0 heterocycles. The molecule has 21 heavy (non-hydrogen) atoms. The van der Waals surface area contributed by atoms with Gasteiger partial charge in [0.2, 0.25) is 0 Å². The highest BCUT2D eigenvalue weighted by atomic mass is 32.2. The predicted molar refractivity (Wildman–Crippen MR) is 89.7 cm³/mol. The van der Waals surface area contributed by atoms with E-state index in [4.69, 9.17) is 5.11 Å². The van der Waals surface area contributed by atoms with E-state index < -0.39 is 0 Å². The van der Waals surface area contributed by atoms with Crippen LogP contribution in [-0.2, 0) is 0 Å². The normalized spacial score (nSPS) is 11.4. The summed E-state index contributed by atoms with van der Waals surface area (Å²) >= 11 is 1.73. The Labute approximate surface area is 131 Å². The maximum atomic E-state index is 12.2. The third-order valence-corrected chi connectivity index (χ3v) is 3.88. The zero-order valence-electron chi connectivity index (χ0n) is 12.9. The van der Waals surface area contributed by atoms with Gasteiger partial charge in [0.05, 0.1) is 6.61 Å². The Bertz CT molecular complexity index is 531. The fourth-order valence-electron chi connectivity index (χ4n) is 1.89. The largest absolute Gasteiger partial charge is 0.395 e. The molecule has 1 atom stereocenters. The maximum absolute atomic E-state index is 12.2. The summed E-state index contributed by atoms with van der Waals surface area (Å²) in [5.41, 5.74) is 2.54. The van der Waals surface area contributed by atoms with Crippen LogP contribution in [-0.4, -0.2) is 35.7 Å². The Morgan fingerprint density at radius 1 is 1.48 bits per heavy atom. The van der Waals surface area contributed by atoms with Crippen LogP contribution in [0.15, 0.2) is 18.2 Å². The molecule has 0 saturated heterocycles. The first-order valence-electron chi connectivity index (χ1n) is 7.12. The van der Waals surface area contributed by atoms with Crippen molar-refractivity contribution in [1.29, 1.82) is 0 Å². The number of benzene rings is 1.